The second-order valence-electron chi connectivity index (χ2n) is 6.13. The van der Waals surface area contributed by atoms with Gasteiger partial charge in [0.2, 0.25) is 5.91 Å². The lowest BCUT2D eigenvalue weighted by atomic mass is 10.2. The Hall–Kier alpha value is -1.73. The van der Waals surface area contributed by atoms with Crippen molar-refractivity contribution in [2.45, 2.75) is 42.5 Å². The predicted molar refractivity (Wildman–Crippen MR) is 108 cm³/mol. The minimum Gasteiger partial charge on any atom is -0.343 e. The number of amides is 1. The first-order chi connectivity index (χ1) is 12.5. The molecule has 0 fully saturated rings. The molecule has 1 unspecified atom stereocenters. The molecular formula is C19H23N3O2S2. The summed E-state index contributed by atoms with van der Waals surface area (Å²) in [7, 11) is 0. The fourth-order valence-electron chi connectivity index (χ4n) is 3.00. The Kier molecular flexibility index (Phi) is 6.09. The smallest absolute Gasteiger partial charge is 0.272 e. The van der Waals surface area contributed by atoms with Crippen LogP contribution in [0.4, 0.5) is 0 Å². The molecule has 138 valence electrons. The molecule has 5 nitrogen and oxygen atoms in total. The second-order valence-corrected chi connectivity index (χ2v) is 8.52. The molecule has 0 spiro atoms. The van der Waals surface area contributed by atoms with Gasteiger partial charge in [0.05, 0.1) is 22.0 Å². The van der Waals surface area contributed by atoms with E-state index in [1.54, 1.807) is 21.2 Å². The number of hydrogen-bond donors (Lipinski definition) is 0. The van der Waals surface area contributed by atoms with Crippen LogP contribution in [0.1, 0.15) is 26.5 Å². The first kappa shape index (κ1) is 19.0. The van der Waals surface area contributed by atoms with Crippen LogP contribution in [0.15, 0.2) is 45.2 Å². The fourth-order valence-corrected chi connectivity index (χ4v) is 5.02. The molecule has 0 radical (unpaired) electrons. The zero-order chi connectivity index (χ0) is 18.7. The van der Waals surface area contributed by atoms with E-state index in [1.165, 1.54) is 11.8 Å². The molecule has 0 aliphatic carbocycles. The predicted octanol–water partition coefficient (Wildman–Crippen LogP) is 3.23. The molecule has 1 aromatic heterocycles. The molecule has 1 atom stereocenters. The van der Waals surface area contributed by atoms with E-state index in [4.69, 9.17) is 4.98 Å². The topological polar surface area (TPSA) is 55.2 Å². The molecule has 0 N–H and O–H groups in total. The molecule has 1 amide bonds. The molecule has 2 heterocycles. The minimum atomic E-state index is -0.0339. The van der Waals surface area contributed by atoms with Gasteiger partial charge < -0.3 is 4.90 Å². The van der Waals surface area contributed by atoms with Crippen molar-refractivity contribution < 1.29 is 4.79 Å². The van der Waals surface area contributed by atoms with Gasteiger partial charge in [-0.25, -0.2) is 4.98 Å². The molecule has 0 saturated carbocycles. The molecule has 26 heavy (non-hydrogen) atoms. The average molecular weight is 390 g/mol. The number of fused-ring (bicyclic) bond motifs is 1. The van der Waals surface area contributed by atoms with E-state index in [1.807, 2.05) is 44.2 Å². The highest BCUT2D eigenvalue weighted by Gasteiger charge is 2.27. The number of carbonyl (C=O) groups excluding carboxylic acids is 1. The Labute approximate surface area is 162 Å². The summed E-state index contributed by atoms with van der Waals surface area (Å²) in [5.41, 5.74) is 1.61. The number of rotatable bonds is 6. The van der Waals surface area contributed by atoms with Gasteiger partial charge in [-0.15, -0.1) is 11.8 Å². The summed E-state index contributed by atoms with van der Waals surface area (Å²) in [6.07, 6.45) is 0.794. The molecule has 0 saturated heterocycles. The van der Waals surface area contributed by atoms with Gasteiger partial charge in [0, 0.05) is 24.8 Å². The summed E-state index contributed by atoms with van der Waals surface area (Å²) in [6, 6.07) is 9.52. The molecular weight excluding hydrogens is 366 g/mol. The minimum absolute atomic E-state index is 0.0339. The lowest BCUT2D eigenvalue weighted by Gasteiger charge is -2.19. The number of thioether (sulfide) groups is 2. The number of carbonyl (C=O) groups is 1. The zero-order valence-electron chi connectivity index (χ0n) is 15.3. The summed E-state index contributed by atoms with van der Waals surface area (Å²) >= 11 is 2.93. The van der Waals surface area contributed by atoms with Crippen molar-refractivity contribution in [2.75, 3.05) is 18.8 Å². The molecule has 3 rings (SSSR count). The monoisotopic (exact) mass is 389 g/mol. The third-order valence-corrected chi connectivity index (χ3v) is 6.47. The summed E-state index contributed by atoms with van der Waals surface area (Å²) < 4.78 is 1.64. The summed E-state index contributed by atoms with van der Waals surface area (Å²) in [5, 5.41) is 0.946. The Morgan fingerprint density at radius 3 is 2.65 bits per heavy atom. The maximum absolute atomic E-state index is 13.1. The number of aromatic nitrogens is 2. The highest BCUT2D eigenvalue weighted by Crippen LogP contribution is 2.34. The van der Waals surface area contributed by atoms with E-state index in [-0.39, 0.29) is 17.2 Å². The Morgan fingerprint density at radius 1 is 1.31 bits per heavy atom. The van der Waals surface area contributed by atoms with Crippen molar-refractivity contribution >= 4 is 29.4 Å². The van der Waals surface area contributed by atoms with E-state index in [0.29, 0.717) is 23.5 Å². The normalized spacial score (nSPS) is 15.7. The van der Waals surface area contributed by atoms with Crippen LogP contribution in [0.3, 0.4) is 0 Å². The number of para-hydroxylation sites is 1. The summed E-state index contributed by atoms with van der Waals surface area (Å²) in [4.78, 5) is 32.8. The van der Waals surface area contributed by atoms with Gasteiger partial charge in [0.15, 0.2) is 5.16 Å². The third-order valence-electron chi connectivity index (χ3n) is 4.34. The maximum Gasteiger partial charge on any atom is 0.272 e. The SMILES string of the molecule is CCN(CC)C(=O)CSc1nc2c(c(=O)n1-c1ccccc1)SC(C)C2. The second kappa shape index (κ2) is 8.31. The fraction of sp³-hybridized carbons (Fsp3) is 0.421. The van der Waals surface area contributed by atoms with Gasteiger partial charge in [-0.2, -0.15) is 0 Å². The van der Waals surface area contributed by atoms with Crippen LogP contribution in [0.25, 0.3) is 5.69 Å². The van der Waals surface area contributed by atoms with Crippen LogP contribution in [-0.2, 0) is 11.2 Å². The van der Waals surface area contributed by atoms with Crippen LogP contribution in [0, 0.1) is 0 Å². The molecule has 0 bridgehead atoms. The lowest BCUT2D eigenvalue weighted by Crippen LogP contribution is -2.32. The zero-order valence-corrected chi connectivity index (χ0v) is 16.9. The van der Waals surface area contributed by atoms with Crippen molar-refractivity contribution in [3.63, 3.8) is 0 Å². The first-order valence-corrected chi connectivity index (χ1v) is 10.7. The van der Waals surface area contributed by atoms with E-state index in [0.717, 1.165) is 22.7 Å². The van der Waals surface area contributed by atoms with Crippen molar-refractivity contribution in [1.29, 1.82) is 0 Å². The summed E-state index contributed by atoms with van der Waals surface area (Å²) in [6.45, 7) is 7.42. The molecule has 2 aromatic rings. The third kappa shape index (κ3) is 3.83. The highest BCUT2D eigenvalue weighted by atomic mass is 32.2. The Balaban J connectivity index is 1.99. The van der Waals surface area contributed by atoms with Crippen molar-refractivity contribution in [3.8, 4) is 5.69 Å². The van der Waals surface area contributed by atoms with Crippen LogP contribution in [0.2, 0.25) is 0 Å². The van der Waals surface area contributed by atoms with Crippen LogP contribution in [0.5, 0.6) is 0 Å². The molecule has 1 aliphatic rings. The van der Waals surface area contributed by atoms with Crippen molar-refractivity contribution in [1.82, 2.24) is 14.5 Å². The van der Waals surface area contributed by atoms with Gasteiger partial charge in [-0.3, -0.25) is 14.2 Å². The average Bonchev–Trinajstić information content (AvgIpc) is 3.02. The van der Waals surface area contributed by atoms with Gasteiger partial charge >= 0.3 is 0 Å². The van der Waals surface area contributed by atoms with Gasteiger partial charge in [-0.1, -0.05) is 36.9 Å². The molecule has 7 heteroatoms. The van der Waals surface area contributed by atoms with Crippen molar-refractivity contribution in [2.24, 2.45) is 0 Å². The standard InChI is InChI=1S/C19H23N3O2S2/c1-4-21(5-2)16(23)12-25-19-20-15-11-13(3)26-17(15)18(24)22(19)14-9-7-6-8-10-14/h6-10,13H,4-5,11-12H2,1-3H3. The number of nitrogens with zero attached hydrogens (tertiary/aromatic N) is 3. The van der Waals surface area contributed by atoms with Crippen LogP contribution in [-0.4, -0.2) is 44.5 Å². The highest BCUT2D eigenvalue weighted by molar-refractivity contribution is 8.00. The summed E-state index contributed by atoms with van der Waals surface area (Å²) in [5.74, 6) is 0.347. The Morgan fingerprint density at radius 2 is 2.00 bits per heavy atom. The first-order valence-electron chi connectivity index (χ1n) is 8.83. The van der Waals surface area contributed by atoms with Crippen LogP contribution < -0.4 is 5.56 Å². The van der Waals surface area contributed by atoms with Gasteiger partial charge in [0.1, 0.15) is 0 Å². The van der Waals surface area contributed by atoms with E-state index >= 15 is 0 Å². The Bertz CT molecular complexity index is 848. The number of benzene rings is 1. The van der Waals surface area contributed by atoms with Gasteiger partial charge in [0.25, 0.3) is 5.56 Å². The lowest BCUT2D eigenvalue weighted by molar-refractivity contribution is -0.127. The van der Waals surface area contributed by atoms with Gasteiger partial charge in [-0.05, 0) is 26.0 Å². The van der Waals surface area contributed by atoms with E-state index < -0.39 is 0 Å². The molecule has 1 aliphatic heterocycles. The largest absolute Gasteiger partial charge is 0.343 e. The van der Waals surface area contributed by atoms with E-state index in [2.05, 4.69) is 6.92 Å². The van der Waals surface area contributed by atoms with E-state index in [9.17, 15) is 9.59 Å². The molecule has 1 aromatic carbocycles. The maximum atomic E-state index is 13.1. The van der Waals surface area contributed by atoms with Crippen molar-refractivity contribution in [3.05, 3.63) is 46.4 Å². The number of hydrogen-bond acceptors (Lipinski definition) is 5. The quantitative estimate of drug-likeness (QED) is 0.561. The van der Waals surface area contributed by atoms with Crippen LogP contribution >= 0.6 is 23.5 Å².